The molecule has 0 amide bonds. The molecule has 0 atom stereocenters. The van der Waals surface area contributed by atoms with Crippen molar-refractivity contribution in [3.05, 3.63) is 193 Å². The molecular weight excluding hydrogens is 769 g/mol. The van der Waals surface area contributed by atoms with Crippen molar-refractivity contribution in [1.29, 1.82) is 0 Å². The van der Waals surface area contributed by atoms with Crippen LogP contribution in [0.3, 0.4) is 0 Å². The maximum atomic E-state index is 2.49. The van der Waals surface area contributed by atoms with Gasteiger partial charge in [-0.25, -0.2) is 0 Å². The average molecular weight is 805 g/mol. The molecule has 0 unspecified atom stereocenters. The number of rotatable bonds is 2. The van der Waals surface area contributed by atoms with Gasteiger partial charge in [0.25, 0.3) is 0 Å². The molecule has 15 aromatic rings. The van der Waals surface area contributed by atoms with Crippen molar-refractivity contribution in [2.75, 3.05) is 0 Å². The first-order valence-corrected chi connectivity index (χ1v) is 22.7. The Labute approximate surface area is 368 Å². The van der Waals surface area contributed by atoms with Crippen LogP contribution >= 0.6 is 0 Å². The van der Waals surface area contributed by atoms with E-state index >= 15 is 0 Å². The van der Waals surface area contributed by atoms with Gasteiger partial charge in [-0.05, 0) is 200 Å². The molecule has 0 aliphatic heterocycles. The van der Waals surface area contributed by atoms with Crippen LogP contribution in [0.5, 0.6) is 0 Å². The van der Waals surface area contributed by atoms with E-state index in [1.54, 1.807) is 0 Å². The van der Waals surface area contributed by atoms with Crippen LogP contribution in [-0.4, -0.2) is 0 Å². The minimum absolute atomic E-state index is 1.28. The van der Waals surface area contributed by atoms with E-state index in [1.165, 1.54) is 174 Å². The minimum atomic E-state index is 1.28. The summed E-state index contributed by atoms with van der Waals surface area (Å²) in [4.78, 5) is 0. The normalized spacial score (nSPS) is 12.8. The molecule has 1 aliphatic rings. The molecule has 16 rings (SSSR count). The Kier molecular flexibility index (Phi) is 6.02. The maximum absolute atomic E-state index is 2.49. The standard InChI is InChI=1S/C64H36/c1-33-11-3-6-14-38(33)55-53-31-36-13-5-8-16-40(36)56-42-17-9-10-18-43(42)61(64(53)56)63-51-30-28-48-46-25-26-49-52-32-37(54-34(2)19-20-35-12-4-7-15-39(35)54)21-22-41(52)44-23-24-45(58(46)57(44)49)47-27-29-50(62(55)63)60(51)59(47)48/h3-32H,1-2H3. The zero-order chi connectivity index (χ0) is 41.7. The summed E-state index contributed by atoms with van der Waals surface area (Å²) in [6.45, 7) is 4.53. The summed E-state index contributed by atoms with van der Waals surface area (Å²) in [7, 11) is 0. The predicted octanol–water partition coefficient (Wildman–Crippen LogP) is 18.3. The molecule has 0 nitrogen and oxygen atoms in total. The van der Waals surface area contributed by atoms with E-state index in [0.29, 0.717) is 0 Å². The van der Waals surface area contributed by atoms with E-state index in [4.69, 9.17) is 0 Å². The van der Waals surface area contributed by atoms with Crippen LogP contribution in [0, 0.1) is 13.8 Å². The lowest BCUT2D eigenvalue weighted by atomic mass is 9.86. The lowest BCUT2D eigenvalue weighted by molar-refractivity contribution is 1.48. The predicted molar refractivity (Wildman–Crippen MR) is 277 cm³/mol. The molecule has 0 spiro atoms. The Morgan fingerprint density at radius 2 is 0.719 bits per heavy atom. The van der Waals surface area contributed by atoms with E-state index in [2.05, 4.69) is 196 Å². The number of hydrogen-bond donors (Lipinski definition) is 0. The highest BCUT2D eigenvalue weighted by Crippen LogP contribution is 2.58. The highest BCUT2D eigenvalue weighted by atomic mass is 14.3. The van der Waals surface area contributed by atoms with Crippen LogP contribution in [0.1, 0.15) is 11.1 Å². The summed E-state index contributed by atoms with van der Waals surface area (Å²) < 4.78 is 0. The fraction of sp³-hybridized carbons (Fsp3) is 0.0312. The van der Waals surface area contributed by atoms with Crippen LogP contribution in [0.15, 0.2) is 182 Å². The van der Waals surface area contributed by atoms with Crippen molar-refractivity contribution >= 4 is 118 Å². The van der Waals surface area contributed by atoms with Crippen LogP contribution < -0.4 is 0 Å². The third-order valence-corrected chi connectivity index (χ3v) is 15.7. The van der Waals surface area contributed by atoms with Gasteiger partial charge in [-0.1, -0.05) is 170 Å². The molecule has 0 heterocycles. The van der Waals surface area contributed by atoms with Crippen molar-refractivity contribution in [1.82, 2.24) is 0 Å². The molecule has 0 fully saturated rings. The van der Waals surface area contributed by atoms with Gasteiger partial charge < -0.3 is 0 Å². The van der Waals surface area contributed by atoms with Crippen molar-refractivity contribution in [3.63, 3.8) is 0 Å². The van der Waals surface area contributed by atoms with Gasteiger partial charge in [-0.3, -0.25) is 0 Å². The summed E-state index contributed by atoms with van der Waals surface area (Å²) in [6.07, 6.45) is 0. The molecule has 0 saturated heterocycles. The van der Waals surface area contributed by atoms with Crippen molar-refractivity contribution < 1.29 is 0 Å². The maximum Gasteiger partial charge on any atom is -0.000695 e. The second kappa shape index (κ2) is 11.5. The first-order chi connectivity index (χ1) is 31.6. The fourth-order valence-corrected chi connectivity index (χ4v) is 13.1. The Morgan fingerprint density at radius 3 is 1.48 bits per heavy atom. The van der Waals surface area contributed by atoms with Crippen molar-refractivity contribution in [3.8, 4) is 44.5 Å². The molecule has 0 radical (unpaired) electrons. The van der Waals surface area contributed by atoms with Gasteiger partial charge >= 0.3 is 0 Å². The summed E-state index contributed by atoms with van der Waals surface area (Å²) in [5.74, 6) is 0. The van der Waals surface area contributed by atoms with Crippen molar-refractivity contribution in [2.45, 2.75) is 13.8 Å². The van der Waals surface area contributed by atoms with E-state index in [-0.39, 0.29) is 0 Å². The van der Waals surface area contributed by atoms with Gasteiger partial charge in [0.15, 0.2) is 0 Å². The summed E-state index contributed by atoms with van der Waals surface area (Å²) in [5.41, 5.74) is 13.2. The van der Waals surface area contributed by atoms with Crippen LogP contribution in [0.25, 0.3) is 163 Å². The quantitative estimate of drug-likeness (QED) is 0.121. The first kappa shape index (κ1) is 33.6. The van der Waals surface area contributed by atoms with Crippen LogP contribution in [0.2, 0.25) is 0 Å². The molecule has 0 aromatic heterocycles. The third kappa shape index (κ3) is 3.86. The molecule has 15 aromatic carbocycles. The van der Waals surface area contributed by atoms with E-state index in [0.717, 1.165) is 0 Å². The van der Waals surface area contributed by atoms with E-state index in [9.17, 15) is 0 Å². The zero-order valence-electron chi connectivity index (χ0n) is 35.3. The highest BCUT2D eigenvalue weighted by Gasteiger charge is 2.30. The number of hydrogen-bond acceptors (Lipinski definition) is 0. The fourth-order valence-electron chi connectivity index (χ4n) is 13.1. The molecule has 0 saturated carbocycles. The smallest absolute Gasteiger partial charge is 0.000695 e. The molecule has 0 N–H and O–H groups in total. The largest absolute Gasteiger partial charge is 0.0620 e. The molecule has 292 valence electrons. The third-order valence-electron chi connectivity index (χ3n) is 15.7. The molecule has 1 aliphatic carbocycles. The summed E-state index contributed by atoms with van der Waals surface area (Å²) in [6, 6.07) is 69.8. The van der Waals surface area contributed by atoms with Crippen molar-refractivity contribution in [2.24, 2.45) is 0 Å². The molecule has 64 heavy (non-hydrogen) atoms. The van der Waals surface area contributed by atoms with Crippen LogP contribution in [0.4, 0.5) is 0 Å². The molecular formula is C64H36. The lowest BCUT2D eigenvalue weighted by Crippen LogP contribution is -1.89. The lowest BCUT2D eigenvalue weighted by Gasteiger charge is -2.16. The van der Waals surface area contributed by atoms with Gasteiger partial charge in [-0.15, -0.1) is 0 Å². The minimum Gasteiger partial charge on any atom is -0.0620 e. The molecule has 0 bridgehead atoms. The Morgan fingerprint density at radius 1 is 0.219 bits per heavy atom. The molecule has 0 heteroatoms. The second-order valence-electron chi connectivity index (χ2n) is 18.6. The van der Waals surface area contributed by atoms with Gasteiger partial charge in [0.2, 0.25) is 0 Å². The summed E-state index contributed by atoms with van der Waals surface area (Å²) >= 11 is 0. The Hall–Kier alpha value is -8.06. The monoisotopic (exact) mass is 804 g/mol. The van der Waals surface area contributed by atoms with Gasteiger partial charge in [0.05, 0.1) is 0 Å². The van der Waals surface area contributed by atoms with Crippen LogP contribution in [-0.2, 0) is 0 Å². The van der Waals surface area contributed by atoms with E-state index in [1.807, 2.05) is 0 Å². The second-order valence-corrected chi connectivity index (χ2v) is 18.6. The van der Waals surface area contributed by atoms with E-state index < -0.39 is 0 Å². The van der Waals surface area contributed by atoms with Gasteiger partial charge in [0, 0.05) is 0 Å². The summed E-state index contributed by atoms with van der Waals surface area (Å²) in [5, 5.41) is 29.8. The van der Waals surface area contributed by atoms with Gasteiger partial charge in [0.1, 0.15) is 0 Å². The van der Waals surface area contributed by atoms with Gasteiger partial charge in [-0.2, -0.15) is 0 Å². The average Bonchev–Trinajstić information content (AvgIpc) is 3.98. The Balaban J connectivity index is 1.05. The topological polar surface area (TPSA) is 0 Å². The number of benzene rings is 13. The Bertz CT molecular complexity index is 4580. The highest BCUT2D eigenvalue weighted by molar-refractivity contribution is 6.52. The zero-order valence-corrected chi connectivity index (χ0v) is 35.3. The first-order valence-electron chi connectivity index (χ1n) is 22.7. The SMILES string of the molecule is Cc1ccccc1-c1c2cc3ccccc3c3c4ccccc4c(c4c5ccc6c7ccc8c9c(ccc(c%10ccc(c14)c5c%106)c97)-c1ccc(-c4c(C)ccc5ccccc45)cc1-8)c23. The number of fused-ring (bicyclic) bond motifs is 15. The number of aryl methyl sites for hydroxylation is 2.